The van der Waals surface area contributed by atoms with Crippen molar-refractivity contribution in [1.29, 1.82) is 0 Å². The van der Waals surface area contributed by atoms with Crippen LogP contribution in [0.2, 0.25) is 5.02 Å². The van der Waals surface area contributed by atoms with Crippen LogP contribution in [0.15, 0.2) is 40.6 Å². The van der Waals surface area contributed by atoms with Crippen molar-refractivity contribution >= 4 is 38.9 Å². The number of hydrogen-bond acceptors (Lipinski definition) is 4. The predicted octanol–water partition coefficient (Wildman–Crippen LogP) is 3.17. The smallest absolute Gasteiger partial charge is 0.243 e. The van der Waals surface area contributed by atoms with Crippen LogP contribution in [-0.4, -0.2) is 43.7 Å². The van der Waals surface area contributed by atoms with E-state index in [4.69, 9.17) is 11.6 Å². The van der Waals surface area contributed by atoms with Crippen LogP contribution in [0.4, 0.5) is 0 Å². The molecule has 1 atom stereocenters. The number of hydrogen-bond donors (Lipinski definition) is 0. The lowest BCUT2D eigenvalue weighted by atomic mass is 10.0. The number of nitrogens with zero attached hydrogens (tertiary/aromatic N) is 2. The highest BCUT2D eigenvalue weighted by Crippen LogP contribution is 2.33. The minimum Gasteiger partial charge on any atom is -0.334 e. The van der Waals surface area contributed by atoms with E-state index in [9.17, 15) is 13.2 Å². The Labute approximate surface area is 156 Å². The van der Waals surface area contributed by atoms with Gasteiger partial charge in [-0.25, -0.2) is 8.42 Å². The Morgan fingerprint density at radius 1 is 1.32 bits per heavy atom. The van der Waals surface area contributed by atoms with E-state index < -0.39 is 10.0 Å². The van der Waals surface area contributed by atoms with E-state index in [0.29, 0.717) is 11.6 Å². The summed E-state index contributed by atoms with van der Waals surface area (Å²) in [5.41, 5.74) is 1.16. The maximum atomic E-state index is 12.7. The second-order valence-corrected chi connectivity index (χ2v) is 9.51. The molecule has 25 heavy (non-hydrogen) atoms. The van der Waals surface area contributed by atoms with Gasteiger partial charge in [0.05, 0.1) is 17.5 Å². The Morgan fingerprint density at radius 3 is 2.68 bits per heavy atom. The molecule has 3 rings (SSSR count). The highest BCUT2D eigenvalue weighted by Gasteiger charge is 2.31. The van der Waals surface area contributed by atoms with Gasteiger partial charge in [-0.2, -0.15) is 4.31 Å². The minimum absolute atomic E-state index is 0.0332. The van der Waals surface area contributed by atoms with Gasteiger partial charge in [0.2, 0.25) is 15.9 Å². The largest absolute Gasteiger partial charge is 0.334 e. The van der Waals surface area contributed by atoms with Crippen molar-refractivity contribution in [1.82, 2.24) is 9.21 Å². The van der Waals surface area contributed by atoms with Crippen molar-refractivity contribution in [2.75, 3.05) is 20.1 Å². The van der Waals surface area contributed by atoms with Gasteiger partial charge in [-0.3, -0.25) is 4.79 Å². The summed E-state index contributed by atoms with van der Waals surface area (Å²) in [6, 6.07) is 7.94. The molecular formula is C17H19ClN2O3S2. The van der Waals surface area contributed by atoms with Crippen molar-refractivity contribution in [3.05, 3.63) is 51.2 Å². The van der Waals surface area contributed by atoms with Gasteiger partial charge in [0, 0.05) is 23.5 Å². The van der Waals surface area contributed by atoms with Crippen molar-refractivity contribution in [2.45, 2.75) is 24.3 Å². The predicted molar refractivity (Wildman–Crippen MR) is 99.4 cm³/mol. The van der Waals surface area contributed by atoms with Crippen molar-refractivity contribution < 1.29 is 13.2 Å². The second kappa shape index (κ2) is 7.07. The number of sulfonamides is 1. The summed E-state index contributed by atoms with van der Waals surface area (Å²) >= 11 is 7.51. The Bertz CT molecular complexity index is 878. The summed E-state index contributed by atoms with van der Waals surface area (Å²) in [4.78, 5) is 15.9. The summed E-state index contributed by atoms with van der Waals surface area (Å²) in [5.74, 6) is -0.190. The third-order valence-electron chi connectivity index (χ3n) is 4.48. The number of amides is 1. The first kappa shape index (κ1) is 18.4. The molecule has 0 unspecified atom stereocenters. The normalized spacial score (nSPS) is 17.6. The van der Waals surface area contributed by atoms with Crippen molar-refractivity contribution in [2.24, 2.45) is 0 Å². The molecular weight excluding hydrogens is 380 g/mol. The molecule has 0 saturated heterocycles. The zero-order valence-electron chi connectivity index (χ0n) is 14.0. The SMILES string of the molecule is C[C@@H]1c2ccsc2CCN1C(=O)CN(C)S(=O)(=O)c1ccc(Cl)cc1. The van der Waals surface area contributed by atoms with Gasteiger partial charge < -0.3 is 4.90 Å². The van der Waals surface area contributed by atoms with Crippen LogP contribution >= 0.6 is 22.9 Å². The van der Waals surface area contributed by atoms with Crippen LogP contribution in [-0.2, 0) is 21.2 Å². The highest BCUT2D eigenvalue weighted by atomic mass is 35.5. The Morgan fingerprint density at radius 2 is 2.00 bits per heavy atom. The van der Waals surface area contributed by atoms with Crippen molar-refractivity contribution in [3.63, 3.8) is 0 Å². The summed E-state index contributed by atoms with van der Waals surface area (Å²) in [5, 5.41) is 2.50. The maximum Gasteiger partial charge on any atom is 0.243 e. The van der Waals surface area contributed by atoms with Crippen LogP contribution < -0.4 is 0 Å². The molecule has 0 radical (unpaired) electrons. The maximum absolute atomic E-state index is 12.7. The number of carbonyl (C=O) groups is 1. The summed E-state index contributed by atoms with van der Waals surface area (Å²) in [6.07, 6.45) is 0.816. The minimum atomic E-state index is -3.73. The van der Waals surface area contributed by atoms with Crippen molar-refractivity contribution in [3.8, 4) is 0 Å². The standard InChI is InChI=1S/C17H19ClN2O3S2/c1-12-15-8-10-24-16(15)7-9-20(12)17(21)11-19(2)25(22,23)14-5-3-13(18)4-6-14/h3-6,8,10,12H,7,9,11H2,1-2H3/t12-/m1/s1. The van der Waals surface area contributed by atoms with Gasteiger partial charge in [-0.05, 0) is 54.6 Å². The Kier molecular flexibility index (Phi) is 5.20. The van der Waals surface area contributed by atoms with Crippen LogP contribution in [0.3, 0.4) is 0 Å². The number of benzene rings is 1. The molecule has 0 spiro atoms. The number of thiophene rings is 1. The molecule has 1 amide bonds. The second-order valence-electron chi connectivity index (χ2n) is 6.03. The van der Waals surface area contributed by atoms with Crippen LogP contribution in [0.25, 0.3) is 0 Å². The fourth-order valence-electron chi connectivity index (χ4n) is 3.00. The molecule has 1 aliphatic rings. The fraction of sp³-hybridized carbons (Fsp3) is 0.353. The monoisotopic (exact) mass is 398 g/mol. The Balaban J connectivity index is 1.73. The van der Waals surface area contributed by atoms with Gasteiger partial charge in [-0.15, -0.1) is 11.3 Å². The van der Waals surface area contributed by atoms with E-state index in [0.717, 1.165) is 16.3 Å². The number of carbonyl (C=O) groups excluding carboxylic acids is 1. The number of halogens is 1. The highest BCUT2D eigenvalue weighted by molar-refractivity contribution is 7.89. The third-order valence-corrected chi connectivity index (χ3v) is 7.54. The third kappa shape index (κ3) is 3.60. The molecule has 0 aliphatic carbocycles. The zero-order chi connectivity index (χ0) is 18.2. The lowest BCUT2D eigenvalue weighted by Gasteiger charge is -2.34. The van der Waals surface area contributed by atoms with E-state index in [-0.39, 0.29) is 23.4 Å². The number of fused-ring (bicyclic) bond motifs is 1. The molecule has 134 valence electrons. The molecule has 8 heteroatoms. The molecule has 1 aliphatic heterocycles. The van der Waals surface area contributed by atoms with E-state index in [1.165, 1.54) is 36.2 Å². The first-order valence-corrected chi connectivity index (χ1v) is 10.6. The molecule has 0 fully saturated rings. The lowest BCUT2D eigenvalue weighted by Crippen LogP contribution is -2.44. The van der Waals surface area contributed by atoms with Crippen LogP contribution in [0, 0.1) is 0 Å². The van der Waals surface area contributed by atoms with E-state index >= 15 is 0 Å². The molecule has 2 aromatic rings. The molecule has 5 nitrogen and oxygen atoms in total. The first-order chi connectivity index (χ1) is 11.8. The van der Waals surface area contributed by atoms with E-state index in [1.54, 1.807) is 16.2 Å². The topological polar surface area (TPSA) is 57.7 Å². The summed E-state index contributed by atoms with van der Waals surface area (Å²) in [6.45, 7) is 2.41. The molecule has 1 aromatic heterocycles. The van der Waals surface area contributed by atoms with Gasteiger partial charge in [-0.1, -0.05) is 11.6 Å². The summed E-state index contributed by atoms with van der Waals surface area (Å²) < 4.78 is 26.3. The van der Waals surface area contributed by atoms with Crippen LogP contribution in [0.5, 0.6) is 0 Å². The van der Waals surface area contributed by atoms with Crippen LogP contribution in [0.1, 0.15) is 23.4 Å². The van der Waals surface area contributed by atoms with Gasteiger partial charge in [0.15, 0.2) is 0 Å². The number of likely N-dealkylation sites (N-methyl/N-ethyl adjacent to an activating group) is 1. The van der Waals surface area contributed by atoms with E-state index in [1.807, 2.05) is 18.4 Å². The first-order valence-electron chi connectivity index (χ1n) is 7.88. The Hall–Kier alpha value is -1.41. The lowest BCUT2D eigenvalue weighted by molar-refractivity contribution is -0.133. The molecule has 0 saturated carbocycles. The van der Waals surface area contributed by atoms with Gasteiger partial charge in [0.25, 0.3) is 0 Å². The average molecular weight is 399 g/mol. The molecule has 0 N–H and O–H groups in total. The van der Waals surface area contributed by atoms with Gasteiger partial charge in [0.1, 0.15) is 0 Å². The average Bonchev–Trinajstić information content (AvgIpc) is 3.05. The zero-order valence-corrected chi connectivity index (χ0v) is 16.4. The van der Waals surface area contributed by atoms with E-state index in [2.05, 4.69) is 0 Å². The van der Waals surface area contributed by atoms with Gasteiger partial charge >= 0.3 is 0 Å². The summed E-state index contributed by atoms with van der Waals surface area (Å²) in [7, 11) is -2.30. The number of rotatable bonds is 4. The molecule has 2 heterocycles. The molecule has 1 aromatic carbocycles. The quantitative estimate of drug-likeness (QED) is 0.794. The fourth-order valence-corrected chi connectivity index (χ4v) is 5.21. The molecule has 0 bridgehead atoms.